The number of hydrogen-bond acceptors (Lipinski definition) is 3. The van der Waals surface area contributed by atoms with E-state index in [0.29, 0.717) is 6.42 Å². The van der Waals surface area contributed by atoms with Crippen molar-refractivity contribution in [3.63, 3.8) is 0 Å². The van der Waals surface area contributed by atoms with Gasteiger partial charge in [-0.2, -0.15) is 0 Å². The molecule has 1 atom stereocenters. The van der Waals surface area contributed by atoms with Crippen LogP contribution in [0.3, 0.4) is 0 Å². The Kier molecular flexibility index (Phi) is 4.36. The lowest BCUT2D eigenvalue weighted by atomic mass is 10.1. The van der Waals surface area contributed by atoms with Crippen LogP contribution in [0.25, 0.3) is 0 Å². The molecule has 0 saturated carbocycles. The lowest BCUT2D eigenvalue weighted by Crippen LogP contribution is -2.27. The third kappa shape index (κ3) is 3.60. The van der Waals surface area contributed by atoms with Gasteiger partial charge in [-0.3, -0.25) is 9.78 Å². The molecular weight excluding hydrogens is 244 g/mol. The van der Waals surface area contributed by atoms with Crippen molar-refractivity contribution in [3.05, 3.63) is 60.4 Å². The molecule has 1 amide bonds. The number of thioether (sulfide) groups is 1. The number of rotatable bonds is 5. The van der Waals surface area contributed by atoms with Crippen molar-refractivity contribution in [2.75, 3.05) is 0 Å². The Labute approximate surface area is 110 Å². The first-order valence-electron chi connectivity index (χ1n) is 5.56. The third-order valence-corrected chi connectivity index (χ3v) is 3.68. The van der Waals surface area contributed by atoms with Gasteiger partial charge in [0.2, 0.25) is 5.91 Å². The van der Waals surface area contributed by atoms with Gasteiger partial charge in [-0.25, -0.2) is 0 Å². The van der Waals surface area contributed by atoms with Gasteiger partial charge in [-0.05, 0) is 42.3 Å². The van der Waals surface area contributed by atoms with E-state index in [1.807, 2.05) is 36.4 Å². The molecule has 2 rings (SSSR count). The summed E-state index contributed by atoms with van der Waals surface area (Å²) in [4.78, 5) is 16.5. The maximum absolute atomic E-state index is 11.5. The smallest absolute Gasteiger partial charge is 0.231 e. The largest absolute Gasteiger partial charge is 0.369 e. The Bertz CT molecular complexity index is 460. The molecule has 0 aliphatic heterocycles. The maximum atomic E-state index is 11.5. The zero-order chi connectivity index (χ0) is 12.8. The van der Waals surface area contributed by atoms with Crippen LogP contribution in [0.2, 0.25) is 0 Å². The quantitative estimate of drug-likeness (QED) is 0.834. The normalized spacial score (nSPS) is 12.0. The fourth-order valence-corrected chi connectivity index (χ4v) is 2.56. The summed E-state index contributed by atoms with van der Waals surface area (Å²) in [6.45, 7) is 0. The second-order valence-corrected chi connectivity index (χ2v) is 5.08. The van der Waals surface area contributed by atoms with Crippen LogP contribution >= 0.6 is 11.8 Å². The summed E-state index contributed by atoms with van der Waals surface area (Å²) in [5.74, 6) is -0.301. The summed E-state index contributed by atoms with van der Waals surface area (Å²) in [6, 6.07) is 14.2. The fourth-order valence-electron chi connectivity index (χ4n) is 1.55. The first kappa shape index (κ1) is 12.6. The van der Waals surface area contributed by atoms with Crippen LogP contribution in [0.1, 0.15) is 5.56 Å². The first-order valence-corrected chi connectivity index (χ1v) is 6.44. The molecule has 1 aromatic carbocycles. The number of amides is 1. The zero-order valence-electron chi connectivity index (χ0n) is 9.74. The topological polar surface area (TPSA) is 56.0 Å². The molecule has 0 aliphatic rings. The van der Waals surface area contributed by atoms with Crippen LogP contribution in [0.15, 0.2) is 53.7 Å². The van der Waals surface area contributed by atoms with Crippen molar-refractivity contribution in [2.45, 2.75) is 16.6 Å². The number of carbonyl (C=O) groups is 1. The predicted octanol–water partition coefficient (Wildman–Crippen LogP) is 2.07. The van der Waals surface area contributed by atoms with E-state index < -0.39 is 0 Å². The number of aromatic nitrogens is 1. The Balaban J connectivity index is 2.08. The van der Waals surface area contributed by atoms with Gasteiger partial charge >= 0.3 is 0 Å². The molecule has 4 heteroatoms. The van der Waals surface area contributed by atoms with Gasteiger partial charge in [-0.15, -0.1) is 11.8 Å². The van der Waals surface area contributed by atoms with Crippen LogP contribution in [0.4, 0.5) is 0 Å². The minimum atomic E-state index is -0.301. The van der Waals surface area contributed by atoms with Gasteiger partial charge in [0, 0.05) is 17.3 Å². The fraction of sp³-hybridized carbons (Fsp3) is 0.143. The van der Waals surface area contributed by atoms with Gasteiger partial charge in [0.05, 0.1) is 5.25 Å². The highest BCUT2D eigenvalue weighted by atomic mass is 32.2. The van der Waals surface area contributed by atoms with E-state index in [0.717, 1.165) is 10.5 Å². The molecular formula is C14H13N2OS. The molecule has 91 valence electrons. The molecule has 0 saturated heterocycles. The van der Waals surface area contributed by atoms with Crippen molar-refractivity contribution < 1.29 is 4.79 Å². The van der Waals surface area contributed by atoms with Crippen LogP contribution < -0.4 is 5.73 Å². The minimum absolute atomic E-state index is 0.269. The van der Waals surface area contributed by atoms with Crippen LogP contribution in [-0.2, 0) is 11.2 Å². The summed E-state index contributed by atoms with van der Waals surface area (Å²) in [5, 5.41) is -0.269. The van der Waals surface area contributed by atoms with E-state index in [1.54, 1.807) is 12.4 Å². The molecule has 18 heavy (non-hydrogen) atoms. The van der Waals surface area contributed by atoms with Gasteiger partial charge in [0.1, 0.15) is 0 Å². The average molecular weight is 257 g/mol. The Morgan fingerprint density at radius 1 is 1.28 bits per heavy atom. The summed E-state index contributed by atoms with van der Waals surface area (Å²) >= 11 is 1.48. The van der Waals surface area contributed by atoms with E-state index in [4.69, 9.17) is 5.73 Å². The number of nitrogens with zero attached hydrogens (tertiary/aromatic N) is 1. The van der Waals surface area contributed by atoms with Gasteiger partial charge < -0.3 is 5.73 Å². The third-order valence-electron chi connectivity index (χ3n) is 2.45. The highest BCUT2D eigenvalue weighted by Gasteiger charge is 2.17. The standard InChI is InChI=1S/C14H13N2OS/c15-14(17)13(10-11-6-8-16-9-7-11)18-12-4-2-1-3-5-12/h2-9,13H,10H2,(H2,15,17). The monoisotopic (exact) mass is 257 g/mol. The predicted molar refractivity (Wildman–Crippen MR) is 72.1 cm³/mol. The van der Waals surface area contributed by atoms with Crippen molar-refractivity contribution in [1.29, 1.82) is 0 Å². The van der Waals surface area contributed by atoms with Crippen molar-refractivity contribution in [2.24, 2.45) is 5.73 Å². The van der Waals surface area contributed by atoms with Gasteiger partial charge in [-0.1, -0.05) is 12.1 Å². The number of primary amides is 1. The Morgan fingerprint density at radius 3 is 2.56 bits per heavy atom. The summed E-state index contributed by atoms with van der Waals surface area (Å²) in [6.07, 6.45) is 4.05. The summed E-state index contributed by atoms with van der Waals surface area (Å²) in [7, 11) is 0. The number of pyridine rings is 1. The molecule has 0 bridgehead atoms. The average Bonchev–Trinajstić information content (AvgIpc) is 2.40. The van der Waals surface area contributed by atoms with E-state index in [9.17, 15) is 4.79 Å². The van der Waals surface area contributed by atoms with E-state index >= 15 is 0 Å². The molecule has 1 heterocycles. The van der Waals surface area contributed by atoms with Crippen molar-refractivity contribution in [3.8, 4) is 0 Å². The van der Waals surface area contributed by atoms with Crippen LogP contribution in [0, 0.1) is 6.07 Å². The lowest BCUT2D eigenvalue weighted by molar-refractivity contribution is -0.117. The van der Waals surface area contributed by atoms with Crippen LogP contribution in [0.5, 0.6) is 0 Å². The molecule has 2 N–H and O–H groups in total. The van der Waals surface area contributed by atoms with E-state index in [1.165, 1.54) is 11.8 Å². The molecule has 0 fully saturated rings. The minimum Gasteiger partial charge on any atom is -0.369 e. The van der Waals surface area contributed by atoms with E-state index in [2.05, 4.69) is 11.1 Å². The maximum Gasteiger partial charge on any atom is 0.231 e. The highest BCUT2D eigenvalue weighted by molar-refractivity contribution is 8.00. The molecule has 1 radical (unpaired) electrons. The molecule has 3 nitrogen and oxygen atoms in total. The summed E-state index contributed by atoms with van der Waals surface area (Å²) in [5.41, 5.74) is 6.51. The summed E-state index contributed by atoms with van der Waals surface area (Å²) < 4.78 is 0. The SMILES string of the molecule is NC(=O)C(Cc1ccncc1)Sc1cc[c]cc1. The second-order valence-electron chi connectivity index (χ2n) is 3.80. The molecule has 2 aromatic rings. The molecule has 1 aromatic heterocycles. The number of nitrogens with two attached hydrogens (primary N) is 1. The Morgan fingerprint density at radius 2 is 1.94 bits per heavy atom. The Hall–Kier alpha value is -1.81. The molecule has 1 unspecified atom stereocenters. The van der Waals surface area contributed by atoms with Gasteiger partial charge in [0.25, 0.3) is 0 Å². The zero-order valence-corrected chi connectivity index (χ0v) is 10.6. The second kappa shape index (κ2) is 6.21. The van der Waals surface area contributed by atoms with E-state index in [-0.39, 0.29) is 11.2 Å². The van der Waals surface area contributed by atoms with Crippen LogP contribution in [-0.4, -0.2) is 16.1 Å². The molecule has 0 spiro atoms. The van der Waals surface area contributed by atoms with Crippen molar-refractivity contribution in [1.82, 2.24) is 4.98 Å². The van der Waals surface area contributed by atoms with Gasteiger partial charge in [0.15, 0.2) is 0 Å². The number of benzene rings is 1. The lowest BCUT2D eigenvalue weighted by Gasteiger charge is -2.12. The first-order chi connectivity index (χ1) is 8.75. The van der Waals surface area contributed by atoms with Crippen molar-refractivity contribution >= 4 is 17.7 Å². The molecule has 0 aliphatic carbocycles. The number of hydrogen-bond donors (Lipinski definition) is 1. The number of carbonyl (C=O) groups excluding carboxylic acids is 1. The highest BCUT2D eigenvalue weighted by Crippen LogP contribution is 2.25.